The Balaban J connectivity index is 1.86. The fourth-order valence-corrected chi connectivity index (χ4v) is 5.99. The maximum absolute atomic E-state index is 13.5. The number of unbranched alkanes of at least 4 members (excludes halogenated alkanes) is 6. The molecule has 57 heavy (non-hydrogen) atoms. The van der Waals surface area contributed by atoms with Gasteiger partial charge in [-0.05, 0) is 18.6 Å². The topological polar surface area (TPSA) is 356 Å². The third-order valence-electron chi connectivity index (χ3n) is 9.42. The molecule has 0 saturated carbocycles. The van der Waals surface area contributed by atoms with Gasteiger partial charge in [0, 0.05) is 12.1 Å². The van der Waals surface area contributed by atoms with Crippen molar-refractivity contribution in [2.24, 2.45) is 0 Å². The van der Waals surface area contributed by atoms with Gasteiger partial charge in [-0.1, -0.05) is 45.4 Å². The number of rotatable bonds is 22. The molecule has 1 aromatic carbocycles. The first kappa shape index (κ1) is 47.7. The molecule has 0 aromatic heterocycles. The molecule has 326 valence electrons. The molecule has 2 heterocycles. The van der Waals surface area contributed by atoms with Crippen LogP contribution in [-0.4, -0.2) is 187 Å². The van der Waals surface area contributed by atoms with Crippen molar-refractivity contribution in [3.8, 4) is 17.2 Å². The van der Waals surface area contributed by atoms with Crippen molar-refractivity contribution in [3.63, 3.8) is 0 Å². The molecule has 3 amide bonds. The minimum Gasteiger partial charge on any atom is -0.504 e. The van der Waals surface area contributed by atoms with E-state index < -0.39 is 142 Å². The number of carbonyl (C=O) groups is 3. The summed E-state index contributed by atoms with van der Waals surface area (Å²) in [5.74, 6) is -4.59. The largest absolute Gasteiger partial charge is 0.504 e. The summed E-state index contributed by atoms with van der Waals surface area (Å²) in [5.41, 5.74) is -2.45. The van der Waals surface area contributed by atoms with Crippen LogP contribution in [0.15, 0.2) is 12.1 Å². The van der Waals surface area contributed by atoms with E-state index in [0.29, 0.717) is 6.42 Å². The van der Waals surface area contributed by atoms with Crippen LogP contribution in [-0.2, 0) is 28.5 Å². The summed E-state index contributed by atoms with van der Waals surface area (Å²) in [6.45, 7) is -2.62. The van der Waals surface area contributed by atoms with Crippen LogP contribution >= 0.6 is 0 Å². The number of alkyl carbamates (subject to hydrolysis) is 1. The Morgan fingerprint density at radius 3 is 1.67 bits per heavy atom. The average Bonchev–Trinajstić information content (AvgIpc) is 3.19. The first-order valence-electron chi connectivity index (χ1n) is 18.7. The Labute approximate surface area is 327 Å². The van der Waals surface area contributed by atoms with E-state index in [1.54, 1.807) is 0 Å². The first-order chi connectivity index (χ1) is 27.1. The van der Waals surface area contributed by atoms with Crippen LogP contribution in [0, 0.1) is 0 Å². The van der Waals surface area contributed by atoms with E-state index in [1.807, 2.05) is 0 Å². The number of amides is 3. The number of nitrogens with one attached hydrogen (secondary N) is 3. The third kappa shape index (κ3) is 13.7. The summed E-state index contributed by atoms with van der Waals surface area (Å²) in [4.78, 5) is 39.2. The minimum atomic E-state index is -2.09. The normalized spacial score (nSPS) is 27.7. The van der Waals surface area contributed by atoms with Crippen molar-refractivity contribution in [1.82, 2.24) is 16.0 Å². The molecule has 3 rings (SSSR count). The molecule has 22 heteroatoms. The van der Waals surface area contributed by atoms with Crippen LogP contribution in [0.4, 0.5) is 4.79 Å². The van der Waals surface area contributed by atoms with Crippen LogP contribution < -0.4 is 16.0 Å². The highest BCUT2D eigenvalue weighted by atomic mass is 16.7. The summed E-state index contributed by atoms with van der Waals surface area (Å²) >= 11 is 0. The Hall–Kier alpha value is -3.65. The molecular formula is C35H57N3O19. The number of aliphatic hydroxyl groups is 8. The number of phenolic OH excluding ortho intramolecular Hbond substituents is 3. The fourth-order valence-electron chi connectivity index (χ4n) is 5.99. The van der Waals surface area contributed by atoms with Gasteiger partial charge in [0.1, 0.15) is 61.0 Å². The number of aliphatic hydroxyl groups excluding tert-OH is 8. The molecule has 0 aliphatic carbocycles. The van der Waals surface area contributed by atoms with E-state index in [9.17, 15) is 70.6 Å². The summed E-state index contributed by atoms with van der Waals surface area (Å²) < 4.78 is 27.7. The van der Waals surface area contributed by atoms with Gasteiger partial charge in [0.15, 0.2) is 29.8 Å². The molecule has 14 N–H and O–H groups in total. The highest BCUT2D eigenvalue weighted by molar-refractivity contribution is 5.97. The third-order valence-corrected chi connectivity index (χ3v) is 9.42. The monoisotopic (exact) mass is 823 g/mol. The molecule has 22 nitrogen and oxygen atoms in total. The lowest BCUT2D eigenvalue weighted by atomic mass is 9.98. The van der Waals surface area contributed by atoms with Gasteiger partial charge in [-0.3, -0.25) is 9.59 Å². The predicted molar refractivity (Wildman–Crippen MR) is 191 cm³/mol. The van der Waals surface area contributed by atoms with Gasteiger partial charge < -0.3 is 95.8 Å². The van der Waals surface area contributed by atoms with E-state index in [2.05, 4.69) is 22.9 Å². The summed E-state index contributed by atoms with van der Waals surface area (Å²) in [6, 6.07) is 1.63. The molecule has 0 radical (unpaired) electrons. The Bertz CT molecular complexity index is 1360. The summed E-state index contributed by atoms with van der Waals surface area (Å²) in [7, 11) is 0. The van der Waals surface area contributed by atoms with Gasteiger partial charge in [-0.2, -0.15) is 0 Å². The van der Waals surface area contributed by atoms with E-state index in [4.69, 9.17) is 23.7 Å². The van der Waals surface area contributed by atoms with E-state index in [1.165, 1.54) is 0 Å². The highest BCUT2D eigenvalue weighted by Gasteiger charge is 2.48. The van der Waals surface area contributed by atoms with Crippen molar-refractivity contribution in [1.29, 1.82) is 0 Å². The smallest absolute Gasteiger partial charge is 0.407 e. The molecule has 1 aromatic rings. The summed E-state index contributed by atoms with van der Waals surface area (Å²) in [6.07, 6.45) is -11.7. The van der Waals surface area contributed by atoms with Gasteiger partial charge in [-0.15, -0.1) is 0 Å². The molecule has 2 fully saturated rings. The zero-order chi connectivity index (χ0) is 42.3. The van der Waals surface area contributed by atoms with Gasteiger partial charge in [-0.25, -0.2) is 4.79 Å². The van der Waals surface area contributed by atoms with Gasteiger partial charge >= 0.3 is 6.09 Å². The second-order valence-electron chi connectivity index (χ2n) is 14.0. The molecule has 2 saturated heterocycles. The number of benzene rings is 1. The molecule has 2 aliphatic rings. The number of carbonyl (C=O) groups excluding carboxylic acids is 3. The van der Waals surface area contributed by atoms with Crippen molar-refractivity contribution in [3.05, 3.63) is 17.7 Å². The lowest BCUT2D eigenvalue weighted by Crippen LogP contribution is -2.65. The lowest BCUT2D eigenvalue weighted by molar-refractivity contribution is -0.315. The molecule has 0 unspecified atom stereocenters. The molecule has 0 spiro atoms. The number of phenols is 3. The van der Waals surface area contributed by atoms with Crippen LogP contribution in [0.1, 0.15) is 62.2 Å². The lowest BCUT2D eigenvalue weighted by Gasteiger charge is -2.43. The summed E-state index contributed by atoms with van der Waals surface area (Å²) in [5, 5.41) is 118. The first-order valence-corrected chi connectivity index (χ1v) is 18.7. The minimum absolute atomic E-state index is 0.225. The van der Waals surface area contributed by atoms with Crippen molar-refractivity contribution >= 4 is 17.9 Å². The van der Waals surface area contributed by atoms with Crippen molar-refractivity contribution in [2.45, 2.75) is 119 Å². The van der Waals surface area contributed by atoms with Crippen LogP contribution in [0.3, 0.4) is 0 Å². The average molecular weight is 824 g/mol. The molecule has 2 aliphatic heterocycles. The van der Waals surface area contributed by atoms with Gasteiger partial charge in [0.25, 0.3) is 5.91 Å². The van der Waals surface area contributed by atoms with Crippen molar-refractivity contribution in [2.75, 3.05) is 46.1 Å². The standard InChI is InChI=1S/C35H57N3O19/c1-2-3-4-5-6-7-8-9-36-34(52)55-17-35(15-53-32-29(49)27(47)25(45)21(13-39)56-32,16-54-33-30(50)28(48)26(46)22(14-40)57-33)38-23(43)12-37-31(51)18-10-19(41)24(44)20(42)11-18/h10-11,21-22,25-30,32-33,39-42,44-50H,2-9,12-17H2,1H3,(H,36,52)(H,37,51)(H,38,43)/t21-,22-,25+,26+,27+,28+,29-,30-,32-,33-/m1/s1. The zero-order valence-corrected chi connectivity index (χ0v) is 31.5. The number of hydrogen-bond acceptors (Lipinski definition) is 19. The molecule has 0 bridgehead atoms. The fraction of sp³-hybridized carbons (Fsp3) is 0.743. The zero-order valence-electron chi connectivity index (χ0n) is 31.5. The van der Waals surface area contributed by atoms with E-state index in [-0.39, 0.29) is 12.1 Å². The van der Waals surface area contributed by atoms with Crippen LogP contribution in [0.25, 0.3) is 0 Å². The predicted octanol–water partition coefficient (Wildman–Crippen LogP) is -3.50. The quantitative estimate of drug-likeness (QED) is 0.0398. The van der Waals surface area contributed by atoms with Gasteiger partial charge in [0.2, 0.25) is 5.91 Å². The molecule has 10 atom stereocenters. The maximum atomic E-state index is 13.5. The van der Waals surface area contributed by atoms with Crippen molar-refractivity contribution < 1.29 is 94.2 Å². The Kier molecular flexibility index (Phi) is 19.3. The van der Waals surface area contributed by atoms with Crippen LogP contribution in [0.2, 0.25) is 0 Å². The second-order valence-corrected chi connectivity index (χ2v) is 14.0. The Morgan fingerprint density at radius 2 is 1.18 bits per heavy atom. The number of aromatic hydroxyl groups is 3. The van der Waals surface area contributed by atoms with Gasteiger partial charge in [0.05, 0.1) is 33.0 Å². The van der Waals surface area contributed by atoms with Crippen LogP contribution in [0.5, 0.6) is 17.2 Å². The number of ether oxygens (including phenoxy) is 5. The second kappa shape index (κ2) is 23.1. The highest BCUT2D eigenvalue weighted by Crippen LogP contribution is 2.35. The van der Waals surface area contributed by atoms with E-state index >= 15 is 0 Å². The number of hydrogen-bond donors (Lipinski definition) is 14. The molecular weight excluding hydrogens is 766 g/mol. The Morgan fingerprint density at radius 1 is 0.684 bits per heavy atom. The SMILES string of the molecule is CCCCCCCCCNC(=O)OCC(CO[C@@H]1O[C@H](CO)[C@H](O)[C@H](O)[C@H]1O)(CO[C@@H]1O[C@H](CO)[C@H](O)[C@H](O)[C@H]1O)NC(=O)CNC(=O)c1cc(O)c(O)c(O)c1. The maximum Gasteiger partial charge on any atom is 0.407 e. The van der Waals surface area contributed by atoms with E-state index in [0.717, 1.165) is 50.7 Å².